The van der Waals surface area contributed by atoms with E-state index in [1.165, 1.54) is 48.5 Å². The molecule has 0 aromatic heterocycles. The smallest absolute Gasteiger partial charge is 0.369 e. The highest BCUT2D eigenvalue weighted by molar-refractivity contribution is 5.86. The van der Waals surface area contributed by atoms with E-state index in [2.05, 4.69) is 0 Å². The van der Waals surface area contributed by atoms with Crippen molar-refractivity contribution in [2.45, 2.75) is 55.2 Å². The molecule has 0 radical (unpaired) electrons. The van der Waals surface area contributed by atoms with Crippen LogP contribution >= 0.6 is 0 Å². The fourth-order valence-corrected chi connectivity index (χ4v) is 6.45. The van der Waals surface area contributed by atoms with E-state index in [-0.39, 0.29) is 11.1 Å². The number of alkyl halides is 12. The van der Waals surface area contributed by atoms with Crippen LogP contribution in [0.3, 0.4) is 0 Å². The monoisotopic (exact) mass is 678 g/mol. The number of hydrogen-bond donors (Lipinski definition) is 2. The van der Waals surface area contributed by atoms with Gasteiger partial charge in [0.05, 0.1) is 5.41 Å². The maximum atomic E-state index is 14.1. The van der Waals surface area contributed by atoms with Gasteiger partial charge in [-0.15, -0.1) is 0 Å². The molecule has 1 aliphatic carbocycles. The van der Waals surface area contributed by atoms with Crippen molar-refractivity contribution in [2.75, 3.05) is 0 Å². The van der Waals surface area contributed by atoms with Gasteiger partial charge in [-0.05, 0) is 58.4 Å². The van der Waals surface area contributed by atoms with Gasteiger partial charge in [-0.25, -0.2) is 0 Å². The summed E-state index contributed by atoms with van der Waals surface area (Å²) >= 11 is 0. The van der Waals surface area contributed by atoms with Crippen LogP contribution in [-0.2, 0) is 16.6 Å². The van der Waals surface area contributed by atoms with Crippen LogP contribution in [0.2, 0.25) is 0 Å². The van der Waals surface area contributed by atoms with Gasteiger partial charge in [0.2, 0.25) is 0 Å². The van der Waals surface area contributed by atoms with Crippen LogP contribution in [-0.4, -0.2) is 34.9 Å². The molecule has 4 aromatic rings. The molecule has 0 bridgehead atoms. The molecule has 0 saturated heterocycles. The molecule has 1 aliphatic rings. The standard InChI is InChI=1S/C33H22F12O2/c1-17-11-13-19(15-25(17)28(46,30(34,35)36)31(37,38)39)27(23-9-5-3-7-21(23)22-8-4-6-10-24(22)27)20-14-12-18(2)26(16-20)29(47,32(40,41)42)33(43,44)45/h3-16,46-47H,1-2H3. The van der Waals surface area contributed by atoms with E-state index in [4.69, 9.17) is 0 Å². The molecule has 0 amide bonds. The van der Waals surface area contributed by atoms with Crippen LogP contribution in [0.15, 0.2) is 84.9 Å². The van der Waals surface area contributed by atoms with Gasteiger partial charge in [-0.3, -0.25) is 0 Å². The van der Waals surface area contributed by atoms with Crippen molar-refractivity contribution in [3.63, 3.8) is 0 Å². The molecule has 5 rings (SSSR count). The van der Waals surface area contributed by atoms with Gasteiger partial charge in [0.1, 0.15) is 0 Å². The van der Waals surface area contributed by atoms with Crippen molar-refractivity contribution in [1.29, 1.82) is 0 Å². The van der Waals surface area contributed by atoms with E-state index in [0.29, 0.717) is 23.3 Å². The average Bonchev–Trinajstić information content (AvgIpc) is 3.26. The summed E-state index contributed by atoms with van der Waals surface area (Å²) in [7, 11) is 0. The molecule has 250 valence electrons. The van der Waals surface area contributed by atoms with E-state index in [1.54, 1.807) is 0 Å². The Bertz CT molecular complexity index is 1690. The Balaban J connectivity index is 1.99. The Labute approximate surface area is 258 Å². The molecule has 0 fully saturated rings. The summed E-state index contributed by atoms with van der Waals surface area (Å²) in [5.74, 6) is 0. The summed E-state index contributed by atoms with van der Waals surface area (Å²) in [6, 6.07) is 16.4. The van der Waals surface area contributed by atoms with Gasteiger partial charge in [0, 0.05) is 11.1 Å². The molecule has 2 N–H and O–H groups in total. The van der Waals surface area contributed by atoms with Crippen LogP contribution in [0, 0.1) is 13.8 Å². The van der Waals surface area contributed by atoms with Gasteiger partial charge in [-0.1, -0.05) is 84.9 Å². The normalized spacial score (nSPS) is 15.4. The number of aliphatic hydroxyl groups is 2. The molecule has 0 atom stereocenters. The minimum Gasteiger partial charge on any atom is -0.369 e. The Morgan fingerprint density at radius 3 is 1.04 bits per heavy atom. The van der Waals surface area contributed by atoms with Crippen LogP contribution in [0.4, 0.5) is 52.7 Å². The summed E-state index contributed by atoms with van der Waals surface area (Å²) in [6.07, 6.45) is -25.2. The van der Waals surface area contributed by atoms with Crippen LogP contribution in [0.25, 0.3) is 11.1 Å². The lowest BCUT2D eigenvalue weighted by Crippen LogP contribution is -2.54. The molecule has 0 heterocycles. The first-order valence-corrected chi connectivity index (χ1v) is 13.6. The van der Waals surface area contributed by atoms with Crippen molar-refractivity contribution < 1.29 is 62.9 Å². The number of aryl methyl sites for hydroxylation is 2. The number of fused-ring (bicyclic) bond motifs is 3. The van der Waals surface area contributed by atoms with E-state index < -0.39 is 74.7 Å². The third-order valence-corrected chi connectivity index (χ3v) is 8.71. The molecule has 14 heteroatoms. The lowest BCUT2D eigenvalue weighted by Gasteiger charge is -2.39. The van der Waals surface area contributed by atoms with Gasteiger partial charge in [0.15, 0.2) is 0 Å². The van der Waals surface area contributed by atoms with Gasteiger partial charge in [0.25, 0.3) is 11.2 Å². The number of halogens is 12. The van der Waals surface area contributed by atoms with Crippen molar-refractivity contribution in [3.8, 4) is 11.1 Å². The first-order chi connectivity index (χ1) is 21.5. The Morgan fingerprint density at radius 2 is 0.745 bits per heavy atom. The summed E-state index contributed by atoms with van der Waals surface area (Å²) < 4.78 is 169. The van der Waals surface area contributed by atoms with Gasteiger partial charge < -0.3 is 10.2 Å². The second kappa shape index (κ2) is 10.5. The summed E-state index contributed by atoms with van der Waals surface area (Å²) in [4.78, 5) is 0. The lowest BCUT2D eigenvalue weighted by molar-refractivity contribution is -0.377. The van der Waals surface area contributed by atoms with Crippen molar-refractivity contribution in [2.24, 2.45) is 0 Å². The number of hydrogen-bond acceptors (Lipinski definition) is 2. The minimum absolute atomic E-state index is 0.0934. The zero-order valence-electron chi connectivity index (χ0n) is 24.0. The lowest BCUT2D eigenvalue weighted by atomic mass is 9.66. The predicted octanol–water partition coefficient (Wildman–Crippen LogP) is 9.29. The highest BCUT2D eigenvalue weighted by Crippen LogP contribution is 2.59. The fraction of sp³-hybridized carbons (Fsp3) is 0.273. The molecular weight excluding hydrogens is 656 g/mol. The quantitative estimate of drug-likeness (QED) is 0.186. The van der Waals surface area contributed by atoms with Gasteiger partial charge in [-0.2, -0.15) is 52.7 Å². The second-order valence-corrected chi connectivity index (χ2v) is 11.3. The molecule has 2 nitrogen and oxygen atoms in total. The third kappa shape index (κ3) is 4.66. The summed E-state index contributed by atoms with van der Waals surface area (Å²) in [6.45, 7) is 1.75. The van der Waals surface area contributed by atoms with E-state index in [9.17, 15) is 62.9 Å². The van der Waals surface area contributed by atoms with E-state index >= 15 is 0 Å². The fourth-order valence-electron chi connectivity index (χ4n) is 6.45. The highest BCUT2D eigenvalue weighted by atomic mass is 19.4. The Morgan fingerprint density at radius 1 is 0.447 bits per heavy atom. The largest absolute Gasteiger partial charge is 0.430 e. The molecule has 0 spiro atoms. The molecule has 0 saturated carbocycles. The summed E-state index contributed by atoms with van der Waals surface area (Å²) in [5.41, 5.74) is -17.6. The molecule has 4 aromatic carbocycles. The average molecular weight is 679 g/mol. The zero-order chi connectivity index (χ0) is 35.2. The van der Waals surface area contributed by atoms with Gasteiger partial charge >= 0.3 is 24.7 Å². The molecule has 47 heavy (non-hydrogen) atoms. The topological polar surface area (TPSA) is 40.5 Å². The minimum atomic E-state index is -6.31. The summed E-state index contributed by atoms with van der Waals surface area (Å²) in [5, 5.41) is 20.8. The SMILES string of the molecule is Cc1ccc(C2(c3ccc(C)c(C(O)(C(F)(F)F)C(F)(F)F)c3)c3ccccc3-c3ccccc32)cc1C(O)(C(F)(F)F)C(F)(F)F. The van der Waals surface area contributed by atoms with Crippen molar-refractivity contribution >= 4 is 0 Å². The Hall–Kier alpha value is -4.04. The Kier molecular flexibility index (Phi) is 7.65. The van der Waals surface area contributed by atoms with Crippen molar-refractivity contribution in [3.05, 3.63) is 129 Å². The third-order valence-electron chi connectivity index (χ3n) is 8.71. The zero-order valence-corrected chi connectivity index (χ0v) is 24.0. The number of rotatable bonds is 4. The van der Waals surface area contributed by atoms with Crippen molar-refractivity contribution in [1.82, 2.24) is 0 Å². The molecular formula is C33H22F12O2. The molecule has 0 aliphatic heterocycles. The first-order valence-electron chi connectivity index (χ1n) is 13.6. The van der Waals surface area contributed by atoms with Crippen LogP contribution in [0.1, 0.15) is 44.5 Å². The van der Waals surface area contributed by atoms with Crippen LogP contribution in [0.5, 0.6) is 0 Å². The second-order valence-electron chi connectivity index (χ2n) is 11.3. The van der Waals surface area contributed by atoms with E-state index in [1.807, 2.05) is 0 Å². The maximum absolute atomic E-state index is 14.1. The molecule has 0 unspecified atom stereocenters. The van der Waals surface area contributed by atoms with Crippen LogP contribution < -0.4 is 0 Å². The number of benzene rings is 4. The first kappa shape index (κ1) is 34.3. The highest BCUT2D eigenvalue weighted by Gasteiger charge is 2.73. The predicted molar refractivity (Wildman–Crippen MR) is 145 cm³/mol. The maximum Gasteiger partial charge on any atom is 0.430 e. The van der Waals surface area contributed by atoms with E-state index in [0.717, 1.165) is 38.1 Å².